The van der Waals surface area contributed by atoms with Crippen LogP contribution in [0.1, 0.15) is 61.3 Å². The first kappa shape index (κ1) is 37.3. The highest BCUT2D eigenvalue weighted by Crippen LogP contribution is 2.10. The maximum Gasteiger partial charge on any atom is 0.305 e. The molecule has 0 rings (SSSR count). The molecule has 0 aliphatic carbocycles. The molecule has 0 aliphatic heterocycles. The van der Waals surface area contributed by atoms with Crippen LogP contribution < -0.4 is 26.6 Å². The predicted molar refractivity (Wildman–Crippen MR) is 148 cm³/mol. The molecule has 5 amide bonds. The molecule has 0 radical (unpaired) electrons. The van der Waals surface area contributed by atoms with Crippen LogP contribution in [0.4, 0.5) is 0 Å². The fourth-order valence-electron chi connectivity index (χ4n) is 3.60. The number of rotatable bonds is 17. The Morgan fingerprint density at radius 2 is 0.854 bits per heavy atom. The van der Waals surface area contributed by atoms with Crippen molar-refractivity contribution < 1.29 is 48.6 Å². The number of thiol groups is 1. The normalized spacial score (nSPS) is 14.7. The minimum Gasteiger partial charge on any atom is -0.481 e. The maximum atomic E-state index is 13.2. The molecule has 5 atom stereocenters. The van der Waals surface area contributed by atoms with Crippen LogP contribution in [0.15, 0.2) is 0 Å². The van der Waals surface area contributed by atoms with Gasteiger partial charge in [0.1, 0.15) is 30.2 Å². The summed E-state index contributed by atoms with van der Waals surface area (Å²) < 4.78 is 0. The van der Waals surface area contributed by atoms with Crippen molar-refractivity contribution in [3.8, 4) is 0 Å². The van der Waals surface area contributed by atoms with E-state index in [0.717, 1.165) is 0 Å². The Balaban J connectivity index is 5.86. The molecule has 0 aromatic heterocycles. The van der Waals surface area contributed by atoms with Crippen LogP contribution in [0.3, 0.4) is 0 Å². The Labute approximate surface area is 243 Å². The van der Waals surface area contributed by atoms with Crippen LogP contribution in [-0.4, -0.2) is 87.0 Å². The molecule has 16 heteroatoms. The summed E-state index contributed by atoms with van der Waals surface area (Å²) in [7, 11) is 0. The van der Waals surface area contributed by atoms with Gasteiger partial charge in [-0.25, -0.2) is 0 Å². The van der Waals surface area contributed by atoms with Gasteiger partial charge in [-0.2, -0.15) is 0 Å². The fourth-order valence-corrected chi connectivity index (χ4v) is 3.76. The molecule has 0 bridgehead atoms. The summed E-state index contributed by atoms with van der Waals surface area (Å²) in [5.41, 5.74) is 0. The van der Waals surface area contributed by atoms with Crippen LogP contribution in [0, 0.1) is 17.8 Å². The number of carboxylic acids is 2. The van der Waals surface area contributed by atoms with Gasteiger partial charge in [0, 0.05) is 6.92 Å². The van der Waals surface area contributed by atoms with Crippen LogP contribution in [0.5, 0.6) is 0 Å². The number of hydrogen-bond acceptors (Lipinski definition) is 8. The number of aliphatic carboxylic acids is 2. The molecule has 0 aromatic rings. The average Bonchev–Trinajstić information content (AvgIpc) is 2.81. The second kappa shape index (κ2) is 17.2. The SMILES string of the molecule is CC(=O)N[C@H](C(=O)N[C@@H](CC(=O)O)C(=O)N[C@H](C(=O)N[C@H](C(=O)N[C@@H](CC(=O)O)C(=O)S)C(C)C)C(C)C)C(C)C. The van der Waals surface area contributed by atoms with Gasteiger partial charge in [-0.1, -0.05) is 41.5 Å². The number of carboxylic acid groups (broad SMARTS) is 2. The topological polar surface area (TPSA) is 237 Å². The molecular formula is C25H41N5O10S. The predicted octanol–water partition coefficient (Wildman–Crippen LogP) is -1.20. The standard InChI is InChI=1S/C25H41N5O10S/c1-10(2)18(26-13(7)31)22(37)27-14(8-16(32)33)21(36)29-20(12(5)6)24(39)30-19(11(3)4)23(38)28-15(25(40)41)9-17(34)35/h10-12,14-15,18-20H,8-9H2,1-7H3,(H,26,31)(H,27,37)(H,28,38)(H,29,36)(H,30,39)(H,32,33)(H,34,35)(H,40,41)/t14-,15-,18-,19-,20-/m0/s1. The zero-order valence-corrected chi connectivity index (χ0v) is 25.0. The van der Waals surface area contributed by atoms with E-state index in [2.05, 4.69) is 39.2 Å². The number of carbonyl (C=O) groups excluding carboxylic acids is 6. The van der Waals surface area contributed by atoms with Crippen LogP contribution >= 0.6 is 12.6 Å². The van der Waals surface area contributed by atoms with Gasteiger partial charge in [0.2, 0.25) is 34.7 Å². The summed E-state index contributed by atoms with van der Waals surface area (Å²) in [5, 5.41) is 29.3. The van der Waals surface area contributed by atoms with Crippen molar-refractivity contribution in [2.24, 2.45) is 17.8 Å². The molecule has 0 saturated heterocycles. The highest BCUT2D eigenvalue weighted by Gasteiger charge is 2.35. The Morgan fingerprint density at radius 3 is 1.20 bits per heavy atom. The van der Waals surface area contributed by atoms with Crippen molar-refractivity contribution in [1.29, 1.82) is 0 Å². The molecule has 0 aliphatic rings. The first-order chi connectivity index (χ1) is 18.8. The van der Waals surface area contributed by atoms with Crippen molar-refractivity contribution in [2.45, 2.75) is 91.5 Å². The first-order valence-corrected chi connectivity index (χ1v) is 13.4. The van der Waals surface area contributed by atoms with E-state index in [4.69, 9.17) is 5.11 Å². The van der Waals surface area contributed by atoms with Crippen LogP contribution in [0.25, 0.3) is 0 Å². The molecule has 0 saturated carbocycles. The molecule has 0 aromatic carbocycles. The van der Waals surface area contributed by atoms with Crippen LogP contribution in [0.2, 0.25) is 0 Å². The lowest BCUT2D eigenvalue weighted by Gasteiger charge is -2.29. The summed E-state index contributed by atoms with van der Waals surface area (Å²) in [4.78, 5) is 97.5. The second-order valence-corrected chi connectivity index (χ2v) is 11.0. The summed E-state index contributed by atoms with van der Waals surface area (Å²) in [6, 6.07) is -6.65. The van der Waals surface area contributed by atoms with Gasteiger partial charge >= 0.3 is 11.9 Å². The molecule has 0 heterocycles. The van der Waals surface area contributed by atoms with E-state index in [1.165, 1.54) is 6.92 Å². The molecule has 0 spiro atoms. The van der Waals surface area contributed by atoms with Gasteiger partial charge in [-0.3, -0.25) is 38.4 Å². The Bertz CT molecular complexity index is 1020. The van der Waals surface area contributed by atoms with Crippen molar-refractivity contribution in [3.05, 3.63) is 0 Å². The molecule has 232 valence electrons. The Kier molecular flexibility index (Phi) is 15.6. The van der Waals surface area contributed by atoms with E-state index in [1.807, 2.05) is 0 Å². The monoisotopic (exact) mass is 603 g/mol. The minimum atomic E-state index is -1.61. The van der Waals surface area contributed by atoms with E-state index in [1.54, 1.807) is 41.5 Å². The van der Waals surface area contributed by atoms with Gasteiger partial charge in [0.25, 0.3) is 0 Å². The Hall–Kier alpha value is -3.69. The van der Waals surface area contributed by atoms with Crippen molar-refractivity contribution in [1.82, 2.24) is 26.6 Å². The Morgan fingerprint density at radius 1 is 0.537 bits per heavy atom. The van der Waals surface area contributed by atoms with Gasteiger partial charge in [0.05, 0.1) is 12.8 Å². The maximum absolute atomic E-state index is 13.2. The van der Waals surface area contributed by atoms with Crippen molar-refractivity contribution in [3.63, 3.8) is 0 Å². The number of nitrogens with one attached hydrogen (secondary N) is 5. The van der Waals surface area contributed by atoms with Gasteiger partial charge in [-0.15, -0.1) is 12.6 Å². The van der Waals surface area contributed by atoms with E-state index < -0.39 is 107 Å². The number of carbonyl (C=O) groups is 8. The molecule has 0 fully saturated rings. The highest BCUT2D eigenvalue weighted by molar-refractivity contribution is 7.96. The fraction of sp³-hybridized carbons (Fsp3) is 0.680. The summed E-state index contributed by atoms with van der Waals surface area (Å²) >= 11 is 3.59. The largest absolute Gasteiger partial charge is 0.481 e. The summed E-state index contributed by atoms with van der Waals surface area (Å²) in [6.07, 6.45) is -1.55. The second-order valence-electron chi connectivity index (χ2n) is 10.5. The van der Waals surface area contributed by atoms with Crippen molar-refractivity contribution in [2.75, 3.05) is 0 Å². The van der Waals surface area contributed by atoms with Gasteiger partial charge in [0.15, 0.2) is 0 Å². The quantitative estimate of drug-likeness (QED) is 0.0925. The average molecular weight is 604 g/mol. The molecule has 7 N–H and O–H groups in total. The molecule has 0 unspecified atom stereocenters. The lowest BCUT2D eigenvalue weighted by molar-refractivity contribution is -0.142. The highest BCUT2D eigenvalue weighted by atomic mass is 32.1. The van der Waals surface area contributed by atoms with Gasteiger partial charge < -0.3 is 36.8 Å². The molecule has 41 heavy (non-hydrogen) atoms. The number of amides is 5. The van der Waals surface area contributed by atoms with Crippen molar-refractivity contribution >= 4 is 59.2 Å². The van der Waals surface area contributed by atoms with E-state index >= 15 is 0 Å². The van der Waals surface area contributed by atoms with E-state index in [-0.39, 0.29) is 0 Å². The van der Waals surface area contributed by atoms with E-state index in [0.29, 0.717) is 0 Å². The summed E-state index contributed by atoms with van der Waals surface area (Å²) in [6.45, 7) is 10.8. The third kappa shape index (κ3) is 13.5. The molecule has 15 nitrogen and oxygen atoms in total. The minimum absolute atomic E-state index is 0.395. The smallest absolute Gasteiger partial charge is 0.305 e. The van der Waals surface area contributed by atoms with Gasteiger partial charge in [-0.05, 0) is 17.8 Å². The number of hydrogen-bond donors (Lipinski definition) is 8. The third-order valence-corrected chi connectivity index (χ3v) is 6.12. The lowest BCUT2D eigenvalue weighted by Crippen LogP contribution is -2.61. The zero-order valence-electron chi connectivity index (χ0n) is 24.1. The third-order valence-electron chi connectivity index (χ3n) is 5.81. The van der Waals surface area contributed by atoms with Crippen LogP contribution in [-0.2, 0) is 38.4 Å². The summed E-state index contributed by atoms with van der Waals surface area (Å²) in [5.74, 6) is -8.26. The zero-order chi connectivity index (χ0) is 32.2. The first-order valence-electron chi connectivity index (χ1n) is 12.9. The molecular weight excluding hydrogens is 562 g/mol. The van der Waals surface area contributed by atoms with E-state index in [9.17, 15) is 43.5 Å². The lowest BCUT2D eigenvalue weighted by atomic mass is 9.98.